The molecular formula is C26H34O4S. The monoisotopic (exact) mass is 442 g/mol. The van der Waals surface area contributed by atoms with Crippen molar-refractivity contribution in [2.45, 2.75) is 71.1 Å². The topological polar surface area (TPSA) is 80.9 Å². The molecule has 0 heterocycles. The van der Waals surface area contributed by atoms with E-state index in [1.807, 2.05) is 12.1 Å². The van der Waals surface area contributed by atoms with Gasteiger partial charge < -0.3 is 20.4 Å². The molecule has 0 aliphatic heterocycles. The average molecular weight is 443 g/mol. The minimum Gasteiger partial charge on any atom is -0.504 e. The van der Waals surface area contributed by atoms with Crippen molar-refractivity contribution in [3.8, 4) is 23.0 Å². The van der Waals surface area contributed by atoms with Gasteiger partial charge in [0.05, 0.1) is 0 Å². The Labute approximate surface area is 190 Å². The van der Waals surface area contributed by atoms with E-state index in [1.165, 1.54) is 69.4 Å². The van der Waals surface area contributed by atoms with E-state index in [9.17, 15) is 20.4 Å². The predicted octanol–water partition coefficient (Wildman–Crippen LogP) is 7.01. The van der Waals surface area contributed by atoms with Crippen molar-refractivity contribution in [1.82, 2.24) is 0 Å². The molecule has 4 N–H and O–H groups in total. The molecule has 0 bridgehead atoms. The standard InChI is InChI=1S/C26H34O4S/c1-2-3-4-5-6-7-8-9-10-11-19-12-14-20(15-13-19)23(31)17-16-21-18-22(27)25(29)26(30)24(21)28/h12-18,27-30H,2-11H2,1H3. The summed E-state index contributed by atoms with van der Waals surface area (Å²) in [6.45, 7) is 2.25. The van der Waals surface area contributed by atoms with Crippen LogP contribution in [0, 0.1) is 0 Å². The molecule has 168 valence electrons. The Balaban J connectivity index is 1.79. The van der Waals surface area contributed by atoms with E-state index in [4.69, 9.17) is 12.2 Å². The summed E-state index contributed by atoms with van der Waals surface area (Å²) in [7, 11) is 0. The van der Waals surface area contributed by atoms with Crippen LogP contribution in [0.2, 0.25) is 0 Å². The van der Waals surface area contributed by atoms with Gasteiger partial charge in [-0.15, -0.1) is 0 Å². The van der Waals surface area contributed by atoms with Crippen LogP contribution in [0.15, 0.2) is 36.4 Å². The Morgan fingerprint density at radius 1 is 0.774 bits per heavy atom. The molecule has 0 aromatic heterocycles. The van der Waals surface area contributed by atoms with Crippen LogP contribution in [0.4, 0.5) is 0 Å². The summed E-state index contributed by atoms with van der Waals surface area (Å²) in [5, 5.41) is 38.5. The van der Waals surface area contributed by atoms with Gasteiger partial charge >= 0.3 is 0 Å². The molecule has 5 heteroatoms. The van der Waals surface area contributed by atoms with Gasteiger partial charge in [0.15, 0.2) is 11.5 Å². The summed E-state index contributed by atoms with van der Waals surface area (Å²) in [6.07, 6.45) is 16.1. The van der Waals surface area contributed by atoms with Crippen molar-refractivity contribution in [2.75, 3.05) is 0 Å². The molecule has 0 saturated heterocycles. The highest BCUT2D eigenvalue weighted by Crippen LogP contribution is 2.44. The highest BCUT2D eigenvalue weighted by atomic mass is 32.1. The van der Waals surface area contributed by atoms with Gasteiger partial charge in [-0.25, -0.2) is 0 Å². The highest BCUT2D eigenvalue weighted by Gasteiger charge is 2.14. The Bertz CT molecular complexity index is 872. The molecule has 31 heavy (non-hydrogen) atoms. The molecule has 0 spiro atoms. The maximum atomic E-state index is 9.89. The quantitative estimate of drug-likeness (QED) is 0.0669. The number of aryl methyl sites for hydroxylation is 1. The summed E-state index contributed by atoms with van der Waals surface area (Å²) < 4.78 is 0. The zero-order valence-electron chi connectivity index (χ0n) is 18.3. The van der Waals surface area contributed by atoms with Crippen LogP contribution in [-0.4, -0.2) is 25.3 Å². The lowest BCUT2D eigenvalue weighted by Gasteiger charge is -2.07. The van der Waals surface area contributed by atoms with Crippen molar-refractivity contribution in [3.05, 3.63) is 53.1 Å². The minimum absolute atomic E-state index is 0.164. The molecule has 0 amide bonds. The lowest BCUT2D eigenvalue weighted by atomic mass is 10.0. The molecule has 0 aliphatic carbocycles. The first-order valence-corrected chi connectivity index (χ1v) is 11.6. The van der Waals surface area contributed by atoms with Crippen molar-refractivity contribution < 1.29 is 20.4 Å². The summed E-state index contributed by atoms with van der Waals surface area (Å²) in [5.41, 5.74) is 2.34. The third-order valence-corrected chi connectivity index (χ3v) is 5.85. The first-order valence-electron chi connectivity index (χ1n) is 11.2. The maximum Gasteiger partial charge on any atom is 0.204 e. The van der Waals surface area contributed by atoms with Gasteiger partial charge in [0, 0.05) is 10.4 Å². The van der Waals surface area contributed by atoms with Crippen molar-refractivity contribution in [3.63, 3.8) is 0 Å². The molecule has 2 aromatic carbocycles. The van der Waals surface area contributed by atoms with E-state index in [0.717, 1.165) is 18.1 Å². The number of hydrogen-bond acceptors (Lipinski definition) is 5. The van der Waals surface area contributed by atoms with E-state index in [2.05, 4.69) is 19.1 Å². The molecule has 0 fully saturated rings. The second-order valence-corrected chi connectivity index (χ2v) is 8.44. The third-order valence-electron chi connectivity index (χ3n) is 5.48. The van der Waals surface area contributed by atoms with E-state index >= 15 is 0 Å². The highest BCUT2D eigenvalue weighted by molar-refractivity contribution is 7.81. The summed E-state index contributed by atoms with van der Waals surface area (Å²) in [6, 6.07) is 9.33. The Morgan fingerprint density at radius 3 is 1.97 bits per heavy atom. The second kappa shape index (κ2) is 13.0. The third kappa shape index (κ3) is 7.91. The molecule has 0 saturated carbocycles. The van der Waals surface area contributed by atoms with E-state index in [-0.39, 0.29) is 5.56 Å². The fourth-order valence-electron chi connectivity index (χ4n) is 3.52. The molecule has 4 nitrogen and oxygen atoms in total. The van der Waals surface area contributed by atoms with Crippen LogP contribution in [-0.2, 0) is 6.42 Å². The van der Waals surface area contributed by atoms with Gasteiger partial charge in [-0.3, -0.25) is 0 Å². The van der Waals surface area contributed by atoms with E-state index < -0.39 is 23.0 Å². The van der Waals surface area contributed by atoms with E-state index in [1.54, 1.807) is 6.08 Å². The lowest BCUT2D eigenvalue weighted by Crippen LogP contribution is -1.94. The zero-order valence-corrected chi connectivity index (χ0v) is 19.1. The molecule has 2 rings (SSSR count). The van der Waals surface area contributed by atoms with Gasteiger partial charge in [0.25, 0.3) is 0 Å². The largest absolute Gasteiger partial charge is 0.504 e. The molecule has 0 radical (unpaired) electrons. The SMILES string of the molecule is CCCCCCCCCCCc1ccc(C(=S)C=Cc2cc(O)c(O)c(O)c2O)cc1. The van der Waals surface area contributed by atoms with Crippen LogP contribution >= 0.6 is 12.2 Å². The first-order chi connectivity index (χ1) is 14.9. The summed E-state index contributed by atoms with van der Waals surface area (Å²) in [4.78, 5) is 0.570. The van der Waals surface area contributed by atoms with Gasteiger partial charge in [0.1, 0.15) is 0 Å². The summed E-state index contributed by atoms with van der Waals surface area (Å²) in [5.74, 6) is -2.53. The van der Waals surface area contributed by atoms with Crippen LogP contribution in [0.1, 0.15) is 81.4 Å². The Morgan fingerprint density at radius 2 is 1.35 bits per heavy atom. The van der Waals surface area contributed by atoms with Crippen LogP contribution in [0.5, 0.6) is 23.0 Å². The number of hydrogen-bond donors (Lipinski definition) is 4. The number of benzene rings is 2. The molecule has 2 aromatic rings. The van der Waals surface area contributed by atoms with Gasteiger partial charge in [0.2, 0.25) is 11.5 Å². The maximum absolute atomic E-state index is 9.89. The number of thiocarbonyl (C=S) groups is 1. The number of unbranched alkanes of at least 4 members (excludes halogenated alkanes) is 8. The van der Waals surface area contributed by atoms with Gasteiger partial charge in [-0.05, 0) is 42.2 Å². The van der Waals surface area contributed by atoms with Crippen molar-refractivity contribution in [2.24, 2.45) is 0 Å². The second-order valence-electron chi connectivity index (χ2n) is 8.00. The zero-order chi connectivity index (χ0) is 22.6. The van der Waals surface area contributed by atoms with Gasteiger partial charge in [-0.1, -0.05) is 94.8 Å². The number of aromatic hydroxyl groups is 4. The Kier molecular flexibility index (Phi) is 10.4. The number of allylic oxidation sites excluding steroid dienone is 1. The lowest BCUT2D eigenvalue weighted by molar-refractivity contribution is 0.345. The summed E-state index contributed by atoms with van der Waals surface area (Å²) >= 11 is 5.43. The number of phenols is 4. The average Bonchev–Trinajstić information content (AvgIpc) is 2.78. The van der Waals surface area contributed by atoms with Crippen molar-refractivity contribution in [1.29, 1.82) is 0 Å². The van der Waals surface area contributed by atoms with Crippen LogP contribution in [0.25, 0.3) is 6.08 Å². The molecular weight excluding hydrogens is 408 g/mol. The minimum atomic E-state index is -0.758. The van der Waals surface area contributed by atoms with Crippen LogP contribution < -0.4 is 0 Å². The molecule has 0 aliphatic rings. The smallest absolute Gasteiger partial charge is 0.204 e. The van der Waals surface area contributed by atoms with E-state index in [0.29, 0.717) is 4.86 Å². The van der Waals surface area contributed by atoms with Crippen LogP contribution in [0.3, 0.4) is 0 Å². The Hall–Kier alpha value is -2.53. The fraction of sp³-hybridized carbons (Fsp3) is 0.423. The fourth-order valence-corrected chi connectivity index (χ4v) is 3.72. The molecule has 0 atom stereocenters. The normalized spacial score (nSPS) is 11.3. The number of phenolic OH excluding ortho intramolecular Hbond substituents is 4. The number of rotatable bonds is 13. The predicted molar refractivity (Wildman–Crippen MR) is 131 cm³/mol. The molecule has 0 unspecified atom stereocenters. The first kappa shape index (κ1) is 24.7. The van der Waals surface area contributed by atoms with Gasteiger partial charge in [-0.2, -0.15) is 0 Å². The van der Waals surface area contributed by atoms with Crippen molar-refractivity contribution >= 4 is 23.2 Å².